The van der Waals surface area contributed by atoms with Crippen LogP contribution in [0.25, 0.3) is 0 Å². The van der Waals surface area contributed by atoms with E-state index in [0.29, 0.717) is 6.04 Å². The molecule has 19 heavy (non-hydrogen) atoms. The summed E-state index contributed by atoms with van der Waals surface area (Å²) in [6.07, 6.45) is 4.28. The van der Waals surface area contributed by atoms with Crippen LogP contribution in [0.5, 0.6) is 0 Å². The minimum Gasteiger partial charge on any atom is -0.468 e. The summed E-state index contributed by atoms with van der Waals surface area (Å²) < 4.78 is 5.62. The third-order valence-electron chi connectivity index (χ3n) is 3.62. The van der Waals surface area contributed by atoms with Gasteiger partial charge in [0.1, 0.15) is 5.76 Å². The van der Waals surface area contributed by atoms with Crippen LogP contribution < -0.4 is 5.73 Å². The molecule has 4 heteroatoms. The van der Waals surface area contributed by atoms with Crippen LogP contribution in [0.3, 0.4) is 0 Å². The van der Waals surface area contributed by atoms with Crippen LogP contribution in [0, 0.1) is 0 Å². The van der Waals surface area contributed by atoms with Crippen molar-refractivity contribution in [2.75, 3.05) is 0 Å². The van der Waals surface area contributed by atoms with Gasteiger partial charge >= 0.3 is 0 Å². The van der Waals surface area contributed by atoms with Crippen LogP contribution in [0.4, 0.5) is 0 Å². The predicted octanol–water partition coefficient (Wildman–Crippen LogP) is 3.39. The molecule has 2 N–H and O–H groups in total. The lowest BCUT2D eigenvalue weighted by Crippen LogP contribution is -2.40. The summed E-state index contributed by atoms with van der Waals surface area (Å²) in [4.78, 5) is 3.90. The molecule has 0 amide bonds. The van der Waals surface area contributed by atoms with Gasteiger partial charge in [-0.05, 0) is 43.3 Å². The van der Waals surface area contributed by atoms with E-state index in [-0.39, 0.29) is 12.1 Å². The number of nitrogens with two attached hydrogens (primary N) is 1. The van der Waals surface area contributed by atoms with E-state index in [1.807, 2.05) is 23.5 Å². The second kappa shape index (κ2) is 5.49. The van der Waals surface area contributed by atoms with Gasteiger partial charge in [0.15, 0.2) is 0 Å². The predicted molar refractivity (Wildman–Crippen MR) is 78.0 cm³/mol. The average molecular weight is 276 g/mol. The summed E-state index contributed by atoms with van der Waals surface area (Å²) in [6.45, 7) is 3.03. The lowest BCUT2D eigenvalue weighted by Gasteiger charge is -2.32. The first kappa shape index (κ1) is 12.9. The first-order chi connectivity index (χ1) is 9.25. The van der Waals surface area contributed by atoms with E-state index >= 15 is 0 Å². The van der Waals surface area contributed by atoms with Gasteiger partial charge in [-0.3, -0.25) is 4.90 Å². The highest BCUT2D eigenvalue weighted by Crippen LogP contribution is 2.37. The Hall–Kier alpha value is -1.10. The van der Waals surface area contributed by atoms with Crippen LogP contribution in [0.2, 0.25) is 0 Å². The molecule has 2 heterocycles. The van der Waals surface area contributed by atoms with Crippen molar-refractivity contribution in [1.29, 1.82) is 0 Å². The fourth-order valence-electron chi connectivity index (χ4n) is 2.63. The summed E-state index contributed by atoms with van der Waals surface area (Å²) in [5, 5.41) is 2.13. The second-order valence-corrected chi connectivity index (χ2v) is 6.33. The first-order valence-electron chi connectivity index (χ1n) is 6.83. The average Bonchev–Trinajstić information content (AvgIpc) is 2.88. The Kier molecular flexibility index (Phi) is 3.73. The topological polar surface area (TPSA) is 42.4 Å². The van der Waals surface area contributed by atoms with Gasteiger partial charge < -0.3 is 10.2 Å². The maximum atomic E-state index is 6.23. The zero-order valence-corrected chi connectivity index (χ0v) is 12.0. The molecule has 1 fully saturated rings. The molecule has 1 aliphatic carbocycles. The molecule has 0 bridgehead atoms. The van der Waals surface area contributed by atoms with E-state index in [9.17, 15) is 0 Å². The number of hydrogen-bond donors (Lipinski definition) is 1. The Morgan fingerprint density at radius 3 is 2.79 bits per heavy atom. The molecule has 3 rings (SSSR count). The molecule has 3 nitrogen and oxygen atoms in total. The van der Waals surface area contributed by atoms with Crippen molar-refractivity contribution in [3.63, 3.8) is 0 Å². The van der Waals surface area contributed by atoms with Gasteiger partial charge in [-0.15, -0.1) is 11.3 Å². The van der Waals surface area contributed by atoms with Gasteiger partial charge in [-0.2, -0.15) is 0 Å². The molecular formula is C15H20N2OS. The third-order valence-corrected chi connectivity index (χ3v) is 4.49. The quantitative estimate of drug-likeness (QED) is 0.879. The van der Waals surface area contributed by atoms with Crippen LogP contribution in [0.15, 0.2) is 40.3 Å². The van der Waals surface area contributed by atoms with Crippen LogP contribution >= 0.6 is 11.3 Å². The van der Waals surface area contributed by atoms with Gasteiger partial charge in [-0.25, -0.2) is 0 Å². The molecule has 2 aromatic rings. The van der Waals surface area contributed by atoms with E-state index in [4.69, 9.17) is 10.2 Å². The van der Waals surface area contributed by atoms with Crippen LogP contribution in [-0.2, 0) is 6.54 Å². The molecule has 1 saturated carbocycles. The Morgan fingerprint density at radius 2 is 2.26 bits per heavy atom. The van der Waals surface area contributed by atoms with Crippen molar-refractivity contribution in [3.8, 4) is 0 Å². The number of hydrogen-bond acceptors (Lipinski definition) is 4. The van der Waals surface area contributed by atoms with Crippen molar-refractivity contribution in [1.82, 2.24) is 4.90 Å². The molecule has 0 radical (unpaired) electrons. The molecule has 102 valence electrons. The Bertz CT molecular complexity index is 488. The zero-order chi connectivity index (χ0) is 13.2. The van der Waals surface area contributed by atoms with E-state index in [1.54, 1.807) is 6.26 Å². The maximum absolute atomic E-state index is 6.23. The van der Waals surface area contributed by atoms with Gasteiger partial charge in [0, 0.05) is 23.5 Å². The first-order valence-corrected chi connectivity index (χ1v) is 7.71. The van der Waals surface area contributed by atoms with Crippen molar-refractivity contribution in [2.45, 2.75) is 44.4 Å². The van der Waals surface area contributed by atoms with Crippen molar-refractivity contribution in [2.24, 2.45) is 5.73 Å². The highest BCUT2D eigenvalue weighted by molar-refractivity contribution is 7.09. The molecular weight excluding hydrogens is 256 g/mol. The van der Waals surface area contributed by atoms with E-state index < -0.39 is 0 Å². The van der Waals surface area contributed by atoms with E-state index in [2.05, 4.69) is 29.3 Å². The molecule has 1 aliphatic rings. The molecule has 0 spiro atoms. The highest BCUT2D eigenvalue weighted by atomic mass is 32.1. The van der Waals surface area contributed by atoms with Crippen LogP contribution in [0.1, 0.15) is 36.4 Å². The van der Waals surface area contributed by atoms with Crippen molar-refractivity contribution < 1.29 is 4.42 Å². The lowest BCUT2D eigenvalue weighted by molar-refractivity contribution is 0.138. The Labute approximate surface area is 118 Å². The fraction of sp³-hybridized carbons (Fsp3) is 0.467. The number of nitrogens with zero attached hydrogens (tertiary/aromatic N) is 1. The maximum Gasteiger partial charge on any atom is 0.122 e. The van der Waals surface area contributed by atoms with Gasteiger partial charge in [-0.1, -0.05) is 6.07 Å². The highest BCUT2D eigenvalue weighted by Gasteiger charge is 2.37. The smallest absolute Gasteiger partial charge is 0.122 e. The lowest BCUT2D eigenvalue weighted by atomic mass is 10.1. The standard InChI is InChI=1S/C15H20N2OS/c1-11(16)15(14-5-2-8-18-14)17(12-6-7-12)10-13-4-3-9-19-13/h2-5,8-9,11-12,15H,6-7,10,16H2,1H3. The number of rotatable bonds is 6. The molecule has 0 aliphatic heterocycles. The van der Waals surface area contributed by atoms with Crippen molar-refractivity contribution in [3.05, 3.63) is 46.5 Å². The minimum absolute atomic E-state index is 0.0618. The summed E-state index contributed by atoms with van der Waals surface area (Å²) in [5.41, 5.74) is 6.23. The fourth-order valence-corrected chi connectivity index (χ4v) is 3.34. The summed E-state index contributed by atoms with van der Waals surface area (Å²) in [7, 11) is 0. The minimum atomic E-state index is 0.0618. The van der Waals surface area contributed by atoms with Crippen LogP contribution in [-0.4, -0.2) is 17.0 Å². The summed E-state index contributed by atoms with van der Waals surface area (Å²) >= 11 is 1.81. The summed E-state index contributed by atoms with van der Waals surface area (Å²) in [5.74, 6) is 0.985. The SMILES string of the molecule is CC(N)C(c1ccco1)N(Cc1cccs1)C1CC1. The zero-order valence-electron chi connectivity index (χ0n) is 11.2. The Balaban J connectivity index is 1.84. The normalized spacial score (nSPS) is 18.7. The largest absolute Gasteiger partial charge is 0.468 e. The molecule has 0 aromatic carbocycles. The summed E-state index contributed by atoms with van der Waals surface area (Å²) in [6, 6.07) is 9.18. The molecule has 2 unspecified atom stereocenters. The van der Waals surface area contributed by atoms with E-state index in [0.717, 1.165) is 12.3 Å². The Morgan fingerprint density at radius 1 is 1.42 bits per heavy atom. The monoisotopic (exact) mass is 276 g/mol. The second-order valence-electron chi connectivity index (χ2n) is 5.30. The molecule has 0 saturated heterocycles. The molecule has 2 aromatic heterocycles. The van der Waals surface area contributed by atoms with E-state index in [1.165, 1.54) is 17.7 Å². The van der Waals surface area contributed by atoms with Crippen molar-refractivity contribution >= 4 is 11.3 Å². The molecule has 2 atom stereocenters. The number of furan rings is 1. The number of thiophene rings is 1. The van der Waals surface area contributed by atoms with Gasteiger partial charge in [0.05, 0.1) is 12.3 Å². The van der Waals surface area contributed by atoms with Gasteiger partial charge in [0.2, 0.25) is 0 Å². The van der Waals surface area contributed by atoms with Gasteiger partial charge in [0.25, 0.3) is 0 Å². The third kappa shape index (κ3) is 2.91.